The molecule has 0 bridgehead atoms. The Morgan fingerprint density at radius 1 is 0.625 bits per heavy atom. The van der Waals surface area contributed by atoms with Crippen LogP contribution in [0.1, 0.15) is 0 Å². The largest absolute Gasteiger partial charge is 0.507 e. The lowest BCUT2D eigenvalue weighted by molar-refractivity contribution is 0.477. The zero-order chi connectivity index (χ0) is 21.8. The fourth-order valence-corrected chi connectivity index (χ4v) is 3.39. The minimum absolute atomic E-state index is 0.131. The standard InChI is InChI=1S/C25H18N6O/c32-23-13-5-4-11-19(23)21-17-22(29-30-28-21)20-12-8-15-25(27-20)31(18-9-2-1-3-10-18)24-14-6-7-16-26-24/h1-17,32H. The van der Waals surface area contributed by atoms with E-state index in [-0.39, 0.29) is 5.75 Å². The molecule has 32 heavy (non-hydrogen) atoms. The van der Waals surface area contributed by atoms with Gasteiger partial charge in [-0.15, -0.1) is 10.2 Å². The Morgan fingerprint density at radius 2 is 1.38 bits per heavy atom. The second kappa shape index (κ2) is 8.61. The van der Waals surface area contributed by atoms with Gasteiger partial charge in [-0.2, -0.15) is 0 Å². The van der Waals surface area contributed by atoms with Crippen molar-refractivity contribution in [3.05, 3.63) is 103 Å². The fourth-order valence-electron chi connectivity index (χ4n) is 3.39. The zero-order valence-electron chi connectivity index (χ0n) is 16.9. The smallest absolute Gasteiger partial charge is 0.139 e. The van der Waals surface area contributed by atoms with Crippen LogP contribution in [0.3, 0.4) is 0 Å². The molecule has 154 valence electrons. The zero-order valence-corrected chi connectivity index (χ0v) is 16.9. The van der Waals surface area contributed by atoms with Crippen molar-refractivity contribution in [3.63, 3.8) is 0 Å². The number of para-hydroxylation sites is 2. The molecule has 3 aromatic heterocycles. The molecule has 5 rings (SSSR count). The van der Waals surface area contributed by atoms with Gasteiger partial charge in [-0.05, 0) is 59.8 Å². The number of nitrogens with zero attached hydrogens (tertiary/aromatic N) is 6. The van der Waals surface area contributed by atoms with Gasteiger partial charge in [-0.3, -0.25) is 4.90 Å². The number of aromatic hydroxyl groups is 1. The van der Waals surface area contributed by atoms with E-state index < -0.39 is 0 Å². The maximum absolute atomic E-state index is 10.2. The van der Waals surface area contributed by atoms with E-state index in [2.05, 4.69) is 20.4 Å². The van der Waals surface area contributed by atoms with E-state index >= 15 is 0 Å². The fraction of sp³-hybridized carbons (Fsp3) is 0. The van der Waals surface area contributed by atoms with Crippen molar-refractivity contribution in [1.82, 2.24) is 25.4 Å². The van der Waals surface area contributed by atoms with E-state index in [1.54, 1.807) is 30.5 Å². The summed E-state index contributed by atoms with van der Waals surface area (Å²) in [5.41, 5.74) is 3.22. The lowest BCUT2D eigenvalue weighted by atomic mass is 10.1. The van der Waals surface area contributed by atoms with E-state index in [1.807, 2.05) is 77.7 Å². The van der Waals surface area contributed by atoms with Crippen molar-refractivity contribution >= 4 is 17.3 Å². The molecule has 2 aromatic carbocycles. The lowest BCUT2D eigenvalue weighted by Crippen LogP contribution is -2.13. The third-order valence-corrected chi connectivity index (χ3v) is 4.88. The third-order valence-electron chi connectivity index (χ3n) is 4.88. The van der Waals surface area contributed by atoms with E-state index in [9.17, 15) is 5.11 Å². The number of rotatable bonds is 5. The minimum atomic E-state index is 0.131. The maximum atomic E-state index is 10.2. The maximum Gasteiger partial charge on any atom is 0.139 e. The Morgan fingerprint density at radius 3 is 2.19 bits per heavy atom. The van der Waals surface area contributed by atoms with E-state index in [0.717, 1.165) is 11.5 Å². The molecular formula is C25H18N6O. The molecule has 0 aliphatic rings. The minimum Gasteiger partial charge on any atom is -0.507 e. The lowest BCUT2D eigenvalue weighted by Gasteiger charge is -2.23. The number of pyridine rings is 2. The normalized spacial score (nSPS) is 10.6. The van der Waals surface area contributed by atoms with E-state index in [0.29, 0.717) is 28.5 Å². The quantitative estimate of drug-likeness (QED) is 0.421. The molecule has 0 aliphatic carbocycles. The Balaban J connectivity index is 1.59. The summed E-state index contributed by atoms with van der Waals surface area (Å²) >= 11 is 0. The first-order chi connectivity index (χ1) is 15.8. The Labute approximate surface area is 184 Å². The molecule has 0 atom stereocenters. The van der Waals surface area contributed by atoms with Crippen molar-refractivity contribution in [2.24, 2.45) is 0 Å². The number of hydrogen-bond donors (Lipinski definition) is 1. The summed E-state index contributed by atoms with van der Waals surface area (Å²) in [6.45, 7) is 0. The monoisotopic (exact) mass is 418 g/mol. The highest BCUT2D eigenvalue weighted by Gasteiger charge is 2.16. The van der Waals surface area contributed by atoms with Crippen molar-refractivity contribution in [3.8, 4) is 28.4 Å². The van der Waals surface area contributed by atoms with Crippen LogP contribution >= 0.6 is 0 Å². The van der Waals surface area contributed by atoms with Crippen LogP contribution in [0.15, 0.2) is 103 Å². The van der Waals surface area contributed by atoms with E-state index in [1.165, 1.54) is 0 Å². The molecule has 0 spiro atoms. The first-order valence-electron chi connectivity index (χ1n) is 10.0. The highest BCUT2D eigenvalue weighted by Crippen LogP contribution is 2.33. The van der Waals surface area contributed by atoms with Crippen LogP contribution in [-0.4, -0.2) is 30.5 Å². The number of anilines is 3. The van der Waals surface area contributed by atoms with Crippen LogP contribution in [0.5, 0.6) is 5.75 Å². The summed E-state index contributed by atoms with van der Waals surface area (Å²) in [7, 11) is 0. The van der Waals surface area contributed by atoms with Crippen LogP contribution in [0.2, 0.25) is 0 Å². The van der Waals surface area contributed by atoms with Gasteiger partial charge in [-0.1, -0.05) is 42.5 Å². The molecular weight excluding hydrogens is 400 g/mol. The number of phenolic OH excluding ortho intramolecular Hbond substituents is 1. The molecule has 3 heterocycles. The van der Waals surface area contributed by atoms with Gasteiger partial charge in [0.05, 0.1) is 5.69 Å². The van der Waals surface area contributed by atoms with Gasteiger partial charge in [-0.25, -0.2) is 9.97 Å². The van der Waals surface area contributed by atoms with Crippen molar-refractivity contribution in [2.45, 2.75) is 0 Å². The van der Waals surface area contributed by atoms with Gasteiger partial charge in [0.1, 0.15) is 28.8 Å². The van der Waals surface area contributed by atoms with Gasteiger partial charge >= 0.3 is 0 Å². The molecule has 0 saturated heterocycles. The summed E-state index contributed by atoms with van der Waals surface area (Å²) in [6.07, 6.45) is 1.75. The Bertz CT molecular complexity index is 1310. The predicted molar refractivity (Wildman–Crippen MR) is 123 cm³/mol. The molecule has 0 saturated carbocycles. The van der Waals surface area contributed by atoms with Gasteiger partial charge in [0.15, 0.2) is 0 Å². The predicted octanol–water partition coefficient (Wildman–Crippen LogP) is 5.17. The number of aromatic nitrogens is 5. The van der Waals surface area contributed by atoms with Gasteiger partial charge in [0.2, 0.25) is 0 Å². The average molecular weight is 418 g/mol. The highest BCUT2D eigenvalue weighted by atomic mass is 16.3. The molecule has 0 unspecified atom stereocenters. The first kappa shape index (κ1) is 19.3. The van der Waals surface area contributed by atoms with Gasteiger partial charge in [0, 0.05) is 17.4 Å². The summed E-state index contributed by atoms with van der Waals surface area (Å²) in [5.74, 6) is 1.57. The molecule has 0 aliphatic heterocycles. The van der Waals surface area contributed by atoms with E-state index in [4.69, 9.17) is 4.98 Å². The molecule has 0 fully saturated rings. The second-order valence-corrected chi connectivity index (χ2v) is 6.96. The SMILES string of the molecule is Oc1ccccc1-c1cc(-c2cccc(N(c3ccccc3)c3ccccn3)n2)nnn1. The van der Waals surface area contributed by atoms with Crippen LogP contribution < -0.4 is 4.90 Å². The summed E-state index contributed by atoms with van der Waals surface area (Å²) in [4.78, 5) is 11.3. The Kier molecular flexibility index (Phi) is 5.20. The molecule has 1 N–H and O–H groups in total. The number of benzene rings is 2. The van der Waals surface area contributed by atoms with Crippen molar-refractivity contribution in [2.75, 3.05) is 4.90 Å². The second-order valence-electron chi connectivity index (χ2n) is 6.96. The summed E-state index contributed by atoms with van der Waals surface area (Å²) in [6, 6.07) is 30.1. The summed E-state index contributed by atoms with van der Waals surface area (Å²) in [5, 5.41) is 22.3. The Hall–Kier alpha value is -4.65. The molecule has 0 amide bonds. The number of hydrogen-bond acceptors (Lipinski definition) is 7. The molecule has 7 nitrogen and oxygen atoms in total. The van der Waals surface area contributed by atoms with Crippen molar-refractivity contribution in [1.29, 1.82) is 0 Å². The first-order valence-corrected chi connectivity index (χ1v) is 10.0. The van der Waals surface area contributed by atoms with Gasteiger partial charge in [0.25, 0.3) is 0 Å². The van der Waals surface area contributed by atoms with Crippen LogP contribution in [0.25, 0.3) is 22.6 Å². The molecule has 5 aromatic rings. The number of phenols is 1. The average Bonchev–Trinajstić information content (AvgIpc) is 2.86. The topological polar surface area (TPSA) is 87.9 Å². The highest BCUT2D eigenvalue weighted by molar-refractivity contribution is 5.74. The van der Waals surface area contributed by atoms with Crippen molar-refractivity contribution < 1.29 is 5.11 Å². The van der Waals surface area contributed by atoms with Crippen LogP contribution in [0.4, 0.5) is 17.3 Å². The van der Waals surface area contributed by atoms with Crippen LogP contribution in [-0.2, 0) is 0 Å². The molecule has 7 heteroatoms. The van der Waals surface area contributed by atoms with Gasteiger partial charge < -0.3 is 5.11 Å². The third kappa shape index (κ3) is 3.87. The summed E-state index contributed by atoms with van der Waals surface area (Å²) < 4.78 is 0. The molecule has 0 radical (unpaired) electrons. The van der Waals surface area contributed by atoms with Crippen LogP contribution in [0, 0.1) is 0 Å².